The van der Waals surface area contributed by atoms with Crippen molar-refractivity contribution in [2.75, 3.05) is 0 Å². The molecule has 0 aliphatic carbocycles. The van der Waals surface area contributed by atoms with E-state index < -0.39 is 0 Å². The van der Waals surface area contributed by atoms with Crippen molar-refractivity contribution in [2.45, 2.75) is 0 Å². The van der Waals surface area contributed by atoms with Gasteiger partial charge in [0.25, 0.3) is 0 Å². The van der Waals surface area contributed by atoms with Gasteiger partial charge in [-0.1, -0.05) is 12.1 Å². The van der Waals surface area contributed by atoms with Crippen LogP contribution in [0.2, 0.25) is 0 Å². The van der Waals surface area contributed by atoms with Crippen LogP contribution in [-0.4, -0.2) is 5.11 Å². The minimum absolute atomic E-state index is 0.311. The first-order valence-corrected chi connectivity index (χ1v) is 5.16. The Morgan fingerprint density at radius 1 is 1.18 bits per heavy atom. The molecule has 0 aliphatic rings. The lowest BCUT2D eigenvalue weighted by Gasteiger charge is -1.93. The van der Waals surface area contributed by atoms with E-state index in [9.17, 15) is 0 Å². The minimum Gasteiger partial charge on any atom is -0.508 e. The Morgan fingerprint density at radius 3 is 2.18 bits per heavy atom. The van der Waals surface area contributed by atoms with Gasteiger partial charge in [0.05, 0.1) is 1.59 Å². The van der Waals surface area contributed by atoms with E-state index in [1.54, 1.807) is 12.1 Å². The van der Waals surface area contributed by atoms with Crippen LogP contribution in [0.25, 0.3) is 6.08 Å². The number of benzene rings is 1. The highest BCUT2D eigenvalue weighted by Crippen LogP contribution is 2.20. The van der Waals surface area contributed by atoms with E-state index in [-0.39, 0.29) is 0 Å². The summed E-state index contributed by atoms with van der Waals surface area (Å²) in [4.78, 5) is 0. The van der Waals surface area contributed by atoms with E-state index >= 15 is 0 Å². The molecule has 0 spiro atoms. The quantitative estimate of drug-likeness (QED) is 0.748. The molecule has 3 heteroatoms. The van der Waals surface area contributed by atoms with Gasteiger partial charge in [0, 0.05) is 0 Å². The molecular weight excluding hydrogens is 366 g/mol. The summed E-state index contributed by atoms with van der Waals surface area (Å²) < 4.78 is 1.20. The molecule has 0 radical (unpaired) electrons. The normalized spacial score (nSPS) is 9.27. The van der Waals surface area contributed by atoms with Crippen molar-refractivity contribution in [3.05, 3.63) is 31.4 Å². The van der Waals surface area contributed by atoms with Gasteiger partial charge in [0.2, 0.25) is 0 Å². The number of hydrogen-bond acceptors (Lipinski definition) is 1. The molecule has 0 unspecified atom stereocenters. The second kappa shape index (κ2) is 4.30. The molecule has 1 N–H and O–H groups in total. The molecule has 0 aromatic heterocycles. The fourth-order valence-corrected chi connectivity index (χ4v) is 1.42. The van der Waals surface area contributed by atoms with Gasteiger partial charge in [-0.2, -0.15) is 0 Å². The van der Waals surface area contributed by atoms with Crippen molar-refractivity contribution in [1.82, 2.24) is 0 Å². The summed E-state index contributed by atoms with van der Waals surface area (Å²) in [6.07, 6.45) is 2.04. The van der Waals surface area contributed by atoms with Gasteiger partial charge in [-0.05, 0) is 69.0 Å². The molecule has 1 aromatic rings. The average Bonchev–Trinajstić information content (AvgIpc) is 1.93. The Kier molecular flexibility index (Phi) is 3.64. The van der Waals surface area contributed by atoms with Crippen LogP contribution in [0.15, 0.2) is 25.9 Å². The first-order valence-electron chi connectivity index (χ1n) is 3.00. The largest absolute Gasteiger partial charge is 0.508 e. The van der Waals surface area contributed by atoms with Crippen LogP contribution in [0.1, 0.15) is 5.56 Å². The summed E-state index contributed by atoms with van der Waals surface area (Å²) in [5.41, 5.74) is 1.11. The van der Waals surface area contributed by atoms with Crippen LogP contribution in [0.4, 0.5) is 0 Å². The lowest BCUT2D eigenvalue weighted by Crippen LogP contribution is -1.69. The zero-order valence-electron chi connectivity index (χ0n) is 5.59. The van der Waals surface area contributed by atoms with Crippen molar-refractivity contribution in [3.63, 3.8) is 0 Å². The first-order chi connectivity index (χ1) is 5.18. The zero-order chi connectivity index (χ0) is 8.27. The van der Waals surface area contributed by atoms with Crippen molar-refractivity contribution in [1.29, 1.82) is 0 Å². The second-order valence-electron chi connectivity index (χ2n) is 2.03. The molecule has 0 bridgehead atoms. The monoisotopic (exact) mass is 372 g/mol. The van der Waals surface area contributed by atoms with Crippen molar-refractivity contribution in [3.8, 4) is 5.75 Å². The molecule has 0 fully saturated rings. The van der Waals surface area contributed by atoms with Gasteiger partial charge >= 0.3 is 0 Å². The van der Waals surface area contributed by atoms with Gasteiger partial charge in [-0.3, -0.25) is 0 Å². The Labute approximate surface area is 92.8 Å². The molecule has 0 saturated heterocycles. The maximum absolute atomic E-state index is 8.97. The second-order valence-corrected chi connectivity index (χ2v) is 6.41. The lowest BCUT2D eigenvalue weighted by molar-refractivity contribution is 0.475. The number of halogens is 2. The van der Waals surface area contributed by atoms with Gasteiger partial charge in [-0.15, -0.1) is 0 Å². The number of hydrogen-bond donors (Lipinski definition) is 1. The number of phenols is 1. The minimum atomic E-state index is 0.311. The smallest absolute Gasteiger partial charge is 0.115 e. The maximum Gasteiger partial charge on any atom is 0.115 e. The third-order valence-corrected chi connectivity index (χ3v) is 1.79. The predicted octanol–water partition coefficient (Wildman–Crippen LogP) is 3.56. The topological polar surface area (TPSA) is 20.2 Å². The predicted molar refractivity (Wildman–Crippen MR) is 64.1 cm³/mol. The van der Waals surface area contributed by atoms with Gasteiger partial charge in [0.1, 0.15) is 5.75 Å². The van der Waals surface area contributed by atoms with Crippen molar-refractivity contribution >= 4 is 51.3 Å². The molecule has 1 nitrogen and oxygen atoms in total. The van der Waals surface area contributed by atoms with E-state index in [4.69, 9.17) is 5.11 Å². The average molecular weight is 372 g/mol. The van der Waals surface area contributed by atoms with Crippen LogP contribution in [0.5, 0.6) is 5.75 Å². The number of phenolic OH excluding ortho intramolecular Hbond substituents is 1. The molecular formula is C8H6I2O. The van der Waals surface area contributed by atoms with E-state index in [1.165, 1.54) is 1.59 Å². The van der Waals surface area contributed by atoms with E-state index in [1.807, 2.05) is 18.2 Å². The van der Waals surface area contributed by atoms with Crippen molar-refractivity contribution in [2.24, 2.45) is 0 Å². The molecule has 58 valence electrons. The molecule has 0 saturated carbocycles. The third kappa shape index (κ3) is 3.42. The van der Waals surface area contributed by atoms with Crippen LogP contribution in [0.3, 0.4) is 0 Å². The summed E-state index contributed by atoms with van der Waals surface area (Å²) in [6, 6.07) is 7.13. The fourth-order valence-electron chi connectivity index (χ4n) is 0.697. The lowest BCUT2D eigenvalue weighted by atomic mass is 10.2. The molecule has 0 heterocycles. The number of aromatic hydroxyl groups is 1. The summed E-state index contributed by atoms with van der Waals surface area (Å²) in [5.74, 6) is 0.311. The molecule has 1 aromatic carbocycles. The molecule has 0 amide bonds. The Hall–Kier alpha value is 0.220. The fraction of sp³-hybridized carbons (Fsp3) is 0. The van der Waals surface area contributed by atoms with Crippen LogP contribution >= 0.6 is 45.2 Å². The first kappa shape index (κ1) is 9.31. The Balaban J connectivity index is 2.91. The highest BCUT2D eigenvalue weighted by Gasteiger charge is 1.89. The Morgan fingerprint density at radius 2 is 1.73 bits per heavy atom. The highest BCUT2D eigenvalue weighted by atomic mass is 127. The summed E-state index contributed by atoms with van der Waals surface area (Å²) in [5, 5.41) is 8.97. The van der Waals surface area contributed by atoms with E-state index in [0.717, 1.165) is 5.56 Å². The van der Waals surface area contributed by atoms with Gasteiger partial charge in [0.15, 0.2) is 0 Å². The van der Waals surface area contributed by atoms with Gasteiger partial charge in [-0.25, -0.2) is 0 Å². The Bertz CT molecular complexity index is 260. The van der Waals surface area contributed by atoms with Crippen LogP contribution in [-0.2, 0) is 0 Å². The number of rotatable bonds is 1. The molecule has 11 heavy (non-hydrogen) atoms. The maximum atomic E-state index is 8.97. The molecule has 1 rings (SSSR count). The van der Waals surface area contributed by atoms with Gasteiger partial charge < -0.3 is 5.11 Å². The molecule has 0 aliphatic heterocycles. The standard InChI is InChI=1S/C8H6I2O/c9-8(10)5-6-1-3-7(11)4-2-6/h1-5,11H. The zero-order valence-corrected chi connectivity index (χ0v) is 9.90. The van der Waals surface area contributed by atoms with Crippen molar-refractivity contribution < 1.29 is 5.11 Å². The van der Waals surface area contributed by atoms with Crippen LogP contribution in [0, 0.1) is 0 Å². The highest BCUT2D eigenvalue weighted by molar-refractivity contribution is 14.2. The summed E-state index contributed by atoms with van der Waals surface area (Å²) in [6.45, 7) is 0. The summed E-state index contributed by atoms with van der Waals surface area (Å²) in [7, 11) is 0. The molecule has 0 atom stereocenters. The third-order valence-electron chi connectivity index (χ3n) is 1.17. The summed E-state index contributed by atoms with van der Waals surface area (Å²) >= 11 is 4.48. The van der Waals surface area contributed by atoms with Crippen LogP contribution < -0.4 is 0 Å². The van der Waals surface area contributed by atoms with E-state index in [0.29, 0.717) is 5.75 Å². The SMILES string of the molecule is Oc1ccc(C=C(I)I)cc1. The van der Waals surface area contributed by atoms with E-state index in [2.05, 4.69) is 45.2 Å².